The zero-order chi connectivity index (χ0) is 25.7. The number of nitrogens with zero attached hydrogens (tertiary/aromatic N) is 4. The Hall–Kier alpha value is -4.60. The molecule has 1 heterocycles. The van der Waals surface area contributed by atoms with Crippen LogP contribution in [0.5, 0.6) is 5.75 Å². The molecule has 0 N–H and O–H groups in total. The van der Waals surface area contributed by atoms with E-state index in [1.54, 1.807) is 42.2 Å². The Bertz CT molecular complexity index is 1340. The average Bonchev–Trinajstić information content (AvgIpc) is 3.29. The van der Waals surface area contributed by atoms with Crippen molar-refractivity contribution in [2.24, 2.45) is 0 Å². The van der Waals surface area contributed by atoms with Crippen LogP contribution in [0.15, 0.2) is 85.1 Å². The summed E-state index contributed by atoms with van der Waals surface area (Å²) in [4.78, 5) is 25.2. The number of hydrogen-bond donors (Lipinski definition) is 0. The minimum absolute atomic E-state index is 0.0384. The topological polar surface area (TPSA) is 90.5 Å². The number of aromatic nitrogens is 2. The summed E-state index contributed by atoms with van der Waals surface area (Å²) in [6.07, 6.45) is 1.82. The van der Waals surface area contributed by atoms with Gasteiger partial charge in [-0.05, 0) is 42.0 Å². The van der Waals surface area contributed by atoms with Gasteiger partial charge in [0.05, 0.1) is 22.7 Å². The van der Waals surface area contributed by atoms with E-state index in [0.29, 0.717) is 16.8 Å². The second-order valence-electron chi connectivity index (χ2n) is 8.04. The van der Waals surface area contributed by atoms with E-state index in [1.165, 1.54) is 29.2 Å². The van der Waals surface area contributed by atoms with E-state index >= 15 is 0 Å². The number of rotatable bonds is 9. The molecule has 36 heavy (non-hydrogen) atoms. The van der Waals surface area contributed by atoms with Gasteiger partial charge in [-0.1, -0.05) is 30.3 Å². The molecular formula is C26H22F2N4O4. The summed E-state index contributed by atoms with van der Waals surface area (Å²) in [7, 11) is 1.65. The summed E-state index contributed by atoms with van der Waals surface area (Å²) in [5, 5.41) is 15.7. The quantitative estimate of drug-likeness (QED) is 0.235. The van der Waals surface area contributed by atoms with Gasteiger partial charge in [0, 0.05) is 43.0 Å². The molecule has 8 nitrogen and oxygen atoms in total. The van der Waals surface area contributed by atoms with Crippen LogP contribution in [0, 0.1) is 10.1 Å². The minimum Gasteiger partial charge on any atom is -0.435 e. The van der Waals surface area contributed by atoms with Gasteiger partial charge in [0.2, 0.25) is 5.91 Å². The summed E-state index contributed by atoms with van der Waals surface area (Å²) >= 11 is 0. The van der Waals surface area contributed by atoms with Crippen LogP contribution in [0.3, 0.4) is 0 Å². The standard InChI is InChI=1S/C26H22F2N4O4/c1-30(16-18-7-13-23(14-8-18)36-26(27)28)24(33)15-20-17-31(21-5-3-2-4-6-21)29-25(20)19-9-11-22(12-10-19)32(34)35/h2-14,17,26H,15-16H2,1H3. The molecule has 0 atom stereocenters. The number of nitro benzene ring substituents is 1. The smallest absolute Gasteiger partial charge is 0.387 e. The summed E-state index contributed by atoms with van der Waals surface area (Å²) < 4.78 is 30.7. The highest BCUT2D eigenvalue weighted by molar-refractivity contribution is 5.81. The third-order valence-electron chi connectivity index (χ3n) is 5.50. The number of non-ortho nitro benzene ring substituents is 1. The molecule has 4 rings (SSSR count). The van der Waals surface area contributed by atoms with Crippen molar-refractivity contribution >= 4 is 11.6 Å². The Morgan fingerprint density at radius 3 is 2.33 bits per heavy atom. The number of alkyl halides is 2. The van der Waals surface area contributed by atoms with Crippen molar-refractivity contribution in [3.8, 4) is 22.7 Å². The highest BCUT2D eigenvalue weighted by Gasteiger charge is 2.19. The van der Waals surface area contributed by atoms with Crippen molar-refractivity contribution in [2.75, 3.05) is 7.05 Å². The number of para-hydroxylation sites is 1. The molecule has 0 saturated carbocycles. The van der Waals surface area contributed by atoms with E-state index in [9.17, 15) is 23.7 Å². The van der Waals surface area contributed by atoms with E-state index in [4.69, 9.17) is 0 Å². The van der Waals surface area contributed by atoms with E-state index in [1.807, 2.05) is 30.3 Å². The lowest BCUT2D eigenvalue weighted by Crippen LogP contribution is -2.27. The highest BCUT2D eigenvalue weighted by Crippen LogP contribution is 2.27. The first-order valence-electron chi connectivity index (χ1n) is 11.0. The number of halogens is 2. The van der Waals surface area contributed by atoms with Crippen molar-refractivity contribution in [1.29, 1.82) is 0 Å². The second-order valence-corrected chi connectivity index (χ2v) is 8.04. The van der Waals surface area contributed by atoms with Gasteiger partial charge >= 0.3 is 6.61 Å². The number of carbonyl (C=O) groups excluding carboxylic acids is 1. The molecule has 0 bridgehead atoms. The van der Waals surface area contributed by atoms with Gasteiger partial charge in [0.1, 0.15) is 5.75 Å². The van der Waals surface area contributed by atoms with Crippen molar-refractivity contribution in [3.05, 3.63) is 106 Å². The third kappa shape index (κ3) is 5.90. The molecular weight excluding hydrogens is 470 g/mol. The Kier molecular flexibility index (Phi) is 7.33. The van der Waals surface area contributed by atoms with Gasteiger partial charge in [-0.25, -0.2) is 4.68 Å². The van der Waals surface area contributed by atoms with Gasteiger partial charge in [0.15, 0.2) is 0 Å². The first kappa shape index (κ1) is 24.5. The molecule has 10 heteroatoms. The van der Waals surface area contributed by atoms with Gasteiger partial charge in [-0.2, -0.15) is 13.9 Å². The van der Waals surface area contributed by atoms with E-state index < -0.39 is 11.5 Å². The lowest BCUT2D eigenvalue weighted by atomic mass is 10.0. The second kappa shape index (κ2) is 10.8. The predicted molar refractivity (Wildman–Crippen MR) is 129 cm³/mol. The normalized spacial score (nSPS) is 10.9. The van der Waals surface area contributed by atoms with Crippen LogP contribution in [0.2, 0.25) is 0 Å². The zero-order valence-corrected chi connectivity index (χ0v) is 19.3. The van der Waals surface area contributed by atoms with Gasteiger partial charge < -0.3 is 9.64 Å². The van der Waals surface area contributed by atoms with Crippen LogP contribution in [0.25, 0.3) is 16.9 Å². The Morgan fingerprint density at radius 2 is 1.72 bits per heavy atom. The SMILES string of the molecule is CN(Cc1ccc(OC(F)F)cc1)C(=O)Cc1cn(-c2ccccc2)nc1-c1ccc([N+](=O)[O-])cc1. The molecule has 184 valence electrons. The average molecular weight is 492 g/mol. The number of hydrogen-bond acceptors (Lipinski definition) is 5. The molecule has 0 spiro atoms. The van der Waals surface area contributed by atoms with E-state index in [0.717, 1.165) is 11.3 Å². The molecule has 0 aliphatic rings. The Balaban J connectivity index is 1.56. The van der Waals surface area contributed by atoms with Crippen LogP contribution >= 0.6 is 0 Å². The molecule has 4 aromatic rings. The first-order chi connectivity index (χ1) is 17.3. The van der Waals surface area contributed by atoms with Crippen LogP contribution in [0.4, 0.5) is 14.5 Å². The maximum atomic E-state index is 13.1. The van der Waals surface area contributed by atoms with Gasteiger partial charge in [0.25, 0.3) is 5.69 Å². The number of likely N-dealkylation sites (N-methyl/N-ethyl adjacent to an activating group) is 1. The van der Waals surface area contributed by atoms with Crippen LogP contribution in [-0.4, -0.2) is 39.2 Å². The third-order valence-corrected chi connectivity index (χ3v) is 5.50. The molecule has 1 aromatic heterocycles. The number of carbonyl (C=O) groups is 1. The van der Waals surface area contributed by atoms with E-state index in [-0.39, 0.29) is 30.3 Å². The number of ether oxygens (including phenoxy) is 1. The maximum Gasteiger partial charge on any atom is 0.387 e. The number of nitro groups is 1. The monoisotopic (exact) mass is 492 g/mol. The van der Waals surface area contributed by atoms with E-state index in [2.05, 4.69) is 9.84 Å². The molecule has 0 aliphatic carbocycles. The summed E-state index contributed by atoms with van der Waals surface area (Å²) in [5.41, 5.74) is 3.37. The van der Waals surface area contributed by atoms with Gasteiger partial charge in [-0.3, -0.25) is 14.9 Å². The molecule has 1 amide bonds. The van der Waals surface area contributed by atoms with Crippen molar-refractivity contribution < 1.29 is 23.2 Å². The number of benzene rings is 3. The van der Waals surface area contributed by atoms with Crippen LogP contribution in [0.1, 0.15) is 11.1 Å². The molecule has 0 fully saturated rings. The fourth-order valence-corrected chi connectivity index (χ4v) is 3.67. The van der Waals surface area contributed by atoms with Crippen LogP contribution in [-0.2, 0) is 17.8 Å². The fraction of sp³-hybridized carbons (Fsp3) is 0.154. The largest absolute Gasteiger partial charge is 0.435 e. The molecule has 3 aromatic carbocycles. The lowest BCUT2D eigenvalue weighted by Gasteiger charge is -2.17. The molecule has 0 aliphatic heterocycles. The zero-order valence-electron chi connectivity index (χ0n) is 19.3. The molecule has 0 unspecified atom stereocenters. The lowest BCUT2D eigenvalue weighted by molar-refractivity contribution is -0.384. The highest BCUT2D eigenvalue weighted by atomic mass is 19.3. The van der Waals surface area contributed by atoms with Crippen molar-refractivity contribution in [2.45, 2.75) is 19.6 Å². The minimum atomic E-state index is -2.90. The summed E-state index contributed by atoms with van der Waals surface area (Å²) in [5.74, 6) is -0.137. The number of amides is 1. The van der Waals surface area contributed by atoms with Crippen molar-refractivity contribution in [3.63, 3.8) is 0 Å². The Labute approximate surface area is 205 Å². The maximum absolute atomic E-state index is 13.1. The summed E-state index contributed by atoms with van der Waals surface area (Å²) in [6.45, 7) is -2.63. The fourth-order valence-electron chi connectivity index (χ4n) is 3.67. The van der Waals surface area contributed by atoms with Crippen molar-refractivity contribution in [1.82, 2.24) is 14.7 Å². The molecule has 0 radical (unpaired) electrons. The predicted octanol–water partition coefficient (Wildman–Crippen LogP) is 5.25. The van der Waals surface area contributed by atoms with Crippen LogP contribution < -0.4 is 4.74 Å². The summed E-state index contributed by atoms with van der Waals surface area (Å²) in [6, 6.07) is 21.5. The first-order valence-corrected chi connectivity index (χ1v) is 11.0. The Morgan fingerprint density at radius 1 is 1.06 bits per heavy atom. The van der Waals surface area contributed by atoms with Gasteiger partial charge in [-0.15, -0.1) is 0 Å². The molecule has 0 saturated heterocycles.